The summed E-state index contributed by atoms with van der Waals surface area (Å²) >= 11 is 0. The summed E-state index contributed by atoms with van der Waals surface area (Å²) in [4.78, 5) is 42.8. The smallest absolute Gasteiger partial charge is 0.211 e. The molecule has 0 saturated heterocycles. The maximum atomic E-state index is 10.7. The van der Waals surface area contributed by atoms with Gasteiger partial charge in [0.1, 0.15) is 0 Å². The summed E-state index contributed by atoms with van der Waals surface area (Å²) in [5.74, 6) is -0.0925. The van der Waals surface area contributed by atoms with Crippen molar-refractivity contribution in [2.75, 3.05) is 0 Å². The van der Waals surface area contributed by atoms with E-state index < -0.39 is 5.66 Å². The zero-order valence-corrected chi connectivity index (χ0v) is 14.8. The van der Waals surface area contributed by atoms with Gasteiger partial charge in [0.05, 0.1) is 5.69 Å². The molecular weight excluding hydrogens is 354 g/mol. The van der Waals surface area contributed by atoms with E-state index in [1.807, 2.05) is 48.5 Å². The highest BCUT2D eigenvalue weighted by molar-refractivity contribution is 5.53. The molecule has 0 fully saturated rings. The number of rotatable bonds is 6. The minimum atomic E-state index is -1.28. The van der Waals surface area contributed by atoms with Crippen molar-refractivity contribution >= 4 is 23.9 Å². The van der Waals surface area contributed by atoms with E-state index in [4.69, 9.17) is 0 Å². The lowest BCUT2D eigenvalue weighted by molar-refractivity contribution is 0.512. The molecule has 6 heteroatoms. The number of isocyanates is 3. The van der Waals surface area contributed by atoms with Crippen molar-refractivity contribution in [3.8, 4) is 0 Å². The molecule has 2 aromatic rings. The molecule has 28 heavy (non-hydrogen) atoms. The molecule has 1 atom stereocenters. The first kappa shape index (κ1) is 18.8. The fourth-order valence-corrected chi connectivity index (χ4v) is 3.21. The SMILES string of the molecule is O=C=Nc1ccc(C(C2=CCC(N=C=O)(N=C=O)C=C2)c2ccccc2)cc1. The van der Waals surface area contributed by atoms with Gasteiger partial charge < -0.3 is 0 Å². The second-order valence-electron chi connectivity index (χ2n) is 6.16. The van der Waals surface area contributed by atoms with Gasteiger partial charge in [0, 0.05) is 12.3 Å². The maximum Gasteiger partial charge on any atom is 0.240 e. The van der Waals surface area contributed by atoms with Crippen molar-refractivity contribution in [2.45, 2.75) is 18.0 Å². The van der Waals surface area contributed by atoms with Crippen LogP contribution in [0.3, 0.4) is 0 Å². The summed E-state index contributed by atoms with van der Waals surface area (Å²) in [6.45, 7) is 0. The second kappa shape index (κ2) is 8.63. The number of aliphatic imine (C=N–C) groups is 3. The Labute approximate surface area is 161 Å². The number of hydrogen-bond donors (Lipinski definition) is 0. The molecule has 0 spiro atoms. The zero-order chi connectivity index (χ0) is 19.8. The van der Waals surface area contributed by atoms with Crippen LogP contribution in [-0.4, -0.2) is 23.9 Å². The standard InChI is InChI=1S/C22H15N3O3/c26-14-23-20-8-6-18(7-9-20)21(17-4-2-1-3-5-17)19-10-12-22(13-11-19,24-15-27)25-16-28/h1-12,21H,13H2. The Morgan fingerprint density at radius 2 is 1.46 bits per heavy atom. The molecule has 0 bridgehead atoms. The van der Waals surface area contributed by atoms with Crippen LogP contribution in [0.4, 0.5) is 5.69 Å². The Balaban J connectivity index is 2.03. The molecule has 0 amide bonds. The molecule has 0 N–H and O–H groups in total. The van der Waals surface area contributed by atoms with Gasteiger partial charge in [0.25, 0.3) is 0 Å². The topological polar surface area (TPSA) is 88.3 Å². The van der Waals surface area contributed by atoms with Crippen molar-refractivity contribution in [2.24, 2.45) is 15.0 Å². The quantitative estimate of drug-likeness (QED) is 0.568. The van der Waals surface area contributed by atoms with E-state index in [1.54, 1.807) is 24.3 Å². The lowest BCUT2D eigenvalue weighted by Crippen LogP contribution is -2.22. The molecule has 3 rings (SSSR count). The summed E-state index contributed by atoms with van der Waals surface area (Å²) in [6, 6.07) is 17.2. The molecule has 6 nitrogen and oxygen atoms in total. The average Bonchev–Trinajstić information content (AvgIpc) is 2.72. The second-order valence-corrected chi connectivity index (χ2v) is 6.16. The molecule has 0 saturated carbocycles. The third-order valence-electron chi connectivity index (χ3n) is 4.53. The van der Waals surface area contributed by atoms with E-state index >= 15 is 0 Å². The first-order valence-corrected chi connectivity index (χ1v) is 8.51. The molecule has 136 valence electrons. The predicted molar refractivity (Wildman–Crippen MR) is 103 cm³/mol. The first-order valence-electron chi connectivity index (χ1n) is 8.51. The summed E-state index contributed by atoms with van der Waals surface area (Å²) in [5, 5.41) is 0. The number of benzene rings is 2. The molecule has 0 heterocycles. The summed E-state index contributed by atoms with van der Waals surface area (Å²) in [5.41, 5.74) is 2.28. The molecule has 1 unspecified atom stereocenters. The minimum absolute atomic E-state index is 0.0925. The molecular formula is C22H15N3O3. The molecule has 1 aliphatic rings. The van der Waals surface area contributed by atoms with Crippen molar-refractivity contribution in [1.82, 2.24) is 0 Å². The van der Waals surface area contributed by atoms with Gasteiger partial charge in [-0.3, -0.25) is 0 Å². The van der Waals surface area contributed by atoms with Gasteiger partial charge in [0.15, 0.2) is 5.66 Å². The van der Waals surface area contributed by atoms with Crippen LogP contribution >= 0.6 is 0 Å². The van der Waals surface area contributed by atoms with Crippen LogP contribution in [0, 0.1) is 0 Å². The van der Waals surface area contributed by atoms with E-state index in [1.165, 1.54) is 18.2 Å². The van der Waals surface area contributed by atoms with E-state index in [0.29, 0.717) is 5.69 Å². The van der Waals surface area contributed by atoms with E-state index in [-0.39, 0.29) is 12.3 Å². The van der Waals surface area contributed by atoms with E-state index in [2.05, 4.69) is 15.0 Å². The Hall–Kier alpha value is -3.94. The van der Waals surface area contributed by atoms with Gasteiger partial charge in [-0.15, -0.1) is 0 Å². The van der Waals surface area contributed by atoms with Crippen LogP contribution in [0.25, 0.3) is 0 Å². The summed E-state index contributed by atoms with van der Waals surface area (Å²) in [6.07, 6.45) is 10.0. The number of allylic oxidation sites excluding steroid dienone is 2. The van der Waals surface area contributed by atoms with E-state index in [0.717, 1.165) is 16.7 Å². The lowest BCUT2D eigenvalue weighted by atomic mass is 9.81. The molecule has 0 aromatic heterocycles. The third-order valence-corrected chi connectivity index (χ3v) is 4.53. The minimum Gasteiger partial charge on any atom is -0.211 e. The lowest BCUT2D eigenvalue weighted by Gasteiger charge is -2.26. The highest BCUT2D eigenvalue weighted by Crippen LogP contribution is 2.37. The third kappa shape index (κ3) is 4.07. The van der Waals surface area contributed by atoms with Crippen molar-refractivity contribution in [3.05, 3.63) is 89.5 Å². The van der Waals surface area contributed by atoms with Gasteiger partial charge >= 0.3 is 0 Å². The zero-order valence-electron chi connectivity index (χ0n) is 14.8. The largest absolute Gasteiger partial charge is 0.240 e. The molecule has 0 aliphatic heterocycles. The first-order chi connectivity index (χ1) is 13.7. The molecule has 0 radical (unpaired) electrons. The van der Waals surface area contributed by atoms with Crippen molar-refractivity contribution in [1.29, 1.82) is 0 Å². The van der Waals surface area contributed by atoms with Gasteiger partial charge in [-0.1, -0.05) is 54.6 Å². The van der Waals surface area contributed by atoms with Gasteiger partial charge in [-0.25, -0.2) is 14.4 Å². The monoisotopic (exact) mass is 369 g/mol. The maximum absolute atomic E-state index is 10.7. The fraction of sp³-hybridized carbons (Fsp3) is 0.136. The Kier molecular flexibility index (Phi) is 5.81. The van der Waals surface area contributed by atoms with Crippen LogP contribution < -0.4 is 0 Å². The van der Waals surface area contributed by atoms with E-state index in [9.17, 15) is 14.4 Å². The predicted octanol–water partition coefficient (Wildman–Crippen LogP) is 4.04. The highest BCUT2D eigenvalue weighted by Gasteiger charge is 2.29. The Morgan fingerprint density at radius 1 is 0.821 bits per heavy atom. The normalized spacial score (nSPS) is 18.6. The van der Waals surface area contributed by atoms with Crippen LogP contribution in [0.15, 0.2) is 93.4 Å². The molecule has 1 aliphatic carbocycles. The van der Waals surface area contributed by atoms with Gasteiger partial charge in [-0.05, 0) is 34.9 Å². The Bertz CT molecular complexity index is 1030. The van der Waals surface area contributed by atoms with Crippen LogP contribution in [-0.2, 0) is 14.4 Å². The van der Waals surface area contributed by atoms with Crippen LogP contribution in [0.1, 0.15) is 23.5 Å². The van der Waals surface area contributed by atoms with Gasteiger partial charge in [0.2, 0.25) is 18.2 Å². The summed E-state index contributed by atoms with van der Waals surface area (Å²) < 4.78 is 0. The average molecular weight is 369 g/mol. The fourth-order valence-electron chi connectivity index (χ4n) is 3.21. The van der Waals surface area contributed by atoms with Crippen molar-refractivity contribution < 1.29 is 14.4 Å². The van der Waals surface area contributed by atoms with Crippen LogP contribution in [0.5, 0.6) is 0 Å². The van der Waals surface area contributed by atoms with Crippen molar-refractivity contribution in [3.63, 3.8) is 0 Å². The number of carbonyl (C=O) groups excluding carboxylic acids is 3. The number of nitrogens with zero attached hydrogens (tertiary/aromatic N) is 3. The highest BCUT2D eigenvalue weighted by atomic mass is 16.1. The summed E-state index contributed by atoms with van der Waals surface area (Å²) in [7, 11) is 0. The van der Waals surface area contributed by atoms with Gasteiger partial charge in [-0.2, -0.15) is 15.0 Å². The Morgan fingerprint density at radius 3 is 2.00 bits per heavy atom. The molecule has 2 aromatic carbocycles. The van der Waals surface area contributed by atoms with Crippen LogP contribution in [0.2, 0.25) is 0 Å². The number of hydrogen-bond acceptors (Lipinski definition) is 6.